The maximum atomic E-state index is 12.2. The molecule has 0 unspecified atom stereocenters. The standard InChI is InChI=1S/C14H12N2O4/c1-20-13-9-5-2-6-10(13)14(17)15-11-7-3-4-8-12(11)16(18)19/h2-9H,1H3,(H,15,17). The molecule has 0 aromatic heterocycles. The fourth-order valence-electron chi connectivity index (χ4n) is 1.76. The Kier molecular flexibility index (Phi) is 3.95. The summed E-state index contributed by atoms with van der Waals surface area (Å²) in [5.41, 5.74) is 0.303. The second kappa shape index (κ2) is 5.83. The van der Waals surface area contributed by atoms with E-state index in [2.05, 4.69) is 5.32 Å². The largest absolute Gasteiger partial charge is 0.496 e. The molecule has 0 spiro atoms. The van der Waals surface area contributed by atoms with Crippen LogP contribution < -0.4 is 10.1 Å². The van der Waals surface area contributed by atoms with Crippen LogP contribution in [0, 0.1) is 10.1 Å². The minimum absolute atomic E-state index is 0.147. The number of para-hydroxylation sites is 3. The molecule has 0 atom stereocenters. The quantitative estimate of drug-likeness (QED) is 0.685. The van der Waals surface area contributed by atoms with E-state index in [4.69, 9.17) is 4.74 Å². The molecule has 6 nitrogen and oxygen atoms in total. The molecule has 1 amide bonds. The normalized spacial score (nSPS) is 9.85. The number of carbonyl (C=O) groups excluding carboxylic acids is 1. The van der Waals surface area contributed by atoms with Crippen molar-refractivity contribution in [3.63, 3.8) is 0 Å². The third-order valence-electron chi connectivity index (χ3n) is 2.70. The van der Waals surface area contributed by atoms with Crippen LogP contribution in [0.3, 0.4) is 0 Å². The number of hydrogen-bond acceptors (Lipinski definition) is 4. The lowest BCUT2D eigenvalue weighted by Crippen LogP contribution is -2.14. The van der Waals surface area contributed by atoms with Gasteiger partial charge in [-0.3, -0.25) is 14.9 Å². The Balaban J connectivity index is 2.31. The predicted octanol–water partition coefficient (Wildman–Crippen LogP) is 2.86. The average Bonchev–Trinajstić information content (AvgIpc) is 2.47. The second-order valence-electron chi connectivity index (χ2n) is 3.93. The number of hydrogen-bond donors (Lipinski definition) is 1. The van der Waals surface area contributed by atoms with Crippen molar-refractivity contribution in [2.75, 3.05) is 12.4 Å². The molecule has 1 N–H and O–H groups in total. The zero-order valence-electron chi connectivity index (χ0n) is 10.7. The Morgan fingerprint density at radius 1 is 1.15 bits per heavy atom. The first-order valence-electron chi connectivity index (χ1n) is 5.81. The maximum absolute atomic E-state index is 12.2. The fraction of sp³-hybridized carbons (Fsp3) is 0.0714. The van der Waals surface area contributed by atoms with Gasteiger partial charge in [-0.25, -0.2) is 0 Å². The lowest BCUT2D eigenvalue weighted by Gasteiger charge is -2.09. The molecule has 0 aliphatic rings. The number of carbonyl (C=O) groups is 1. The number of nitro groups is 1. The lowest BCUT2D eigenvalue weighted by molar-refractivity contribution is -0.383. The van der Waals surface area contributed by atoms with Crippen LogP contribution in [0.25, 0.3) is 0 Å². The first-order valence-corrected chi connectivity index (χ1v) is 5.81. The summed E-state index contributed by atoms with van der Waals surface area (Å²) in [5, 5.41) is 13.4. The number of ether oxygens (including phenoxy) is 1. The summed E-state index contributed by atoms with van der Waals surface area (Å²) in [7, 11) is 1.46. The second-order valence-corrected chi connectivity index (χ2v) is 3.93. The highest BCUT2D eigenvalue weighted by molar-refractivity contribution is 6.07. The summed E-state index contributed by atoms with van der Waals surface area (Å²) in [4.78, 5) is 22.5. The molecule has 0 bridgehead atoms. The molecule has 0 heterocycles. The van der Waals surface area contributed by atoms with Gasteiger partial charge in [0.05, 0.1) is 17.6 Å². The van der Waals surface area contributed by atoms with Gasteiger partial charge in [-0.1, -0.05) is 24.3 Å². The van der Waals surface area contributed by atoms with Gasteiger partial charge in [0.25, 0.3) is 11.6 Å². The number of methoxy groups -OCH3 is 1. The SMILES string of the molecule is COc1ccccc1C(=O)Nc1ccccc1[N+](=O)[O-]. The Bertz CT molecular complexity index is 655. The molecular weight excluding hydrogens is 260 g/mol. The van der Waals surface area contributed by atoms with Crippen molar-refractivity contribution in [2.45, 2.75) is 0 Å². The Labute approximate surface area is 115 Å². The van der Waals surface area contributed by atoms with Crippen molar-refractivity contribution in [1.82, 2.24) is 0 Å². The molecule has 0 saturated carbocycles. The van der Waals surface area contributed by atoms with Crippen molar-refractivity contribution in [2.24, 2.45) is 0 Å². The third-order valence-corrected chi connectivity index (χ3v) is 2.70. The van der Waals surface area contributed by atoms with Crippen molar-refractivity contribution >= 4 is 17.3 Å². The van der Waals surface area contributed by atoms with E-state index in [-0.39, 0.29) is 11.4 Å². The van der Waals surface area contributed by atoms with Gasteiger partial charge in [-0.2, -0.15) is 0 Å². The number of nitro benzene ring substituents is 1. The maximum Gasteiger partial charge on any atom is 0.292 e. The number of rotatable bonds is 4. The van der Waals surface area contributed by atoms with E-state index in [1.807, 2.05) is 0 Å². The highest BCUT2D eigenvalue weighted by Gasteiger charge is 2.17. The van der Waals surface area contributed by atoms with E-state index >= 15 is 0 Å². The molecule has 2 aromatic rings. The van der Waals surface area contributed by atoms with E-state index in [0.717, 1.165) is 0 Å². The minimum atomic E-state index is -0.544. The van der Waals surface area contributed by atoms with E-state index in [1.165, 1.54) is 25.3 Å². The van der Waals surface area contributed by atoms with Crippen LogP contribution in [0.5, 0.6) is 5.75 Å². The van der Waals surface area contributed by atoms with Crippen LogP contribution in [0.2, 0.25) is 0 Å². The summed E-state index contributed by atoms with van der Waals surface area (Å²) in [6, 6.07) is 12.6. The van der Waals surface area contributed by atoms with Crippen LogP contribution in [0.4, 0.5) is 11.4 Å². The van der Waals surface area contributed by atoms with Crippen LogP contribution >= 0.6 is 0 Å². The molecule has 0 aliphatic carbocycles. The lowest BCUT2D eigenvalue weighted by atomic mass is 10.1. The molecular formula is C14H12N2O4. The van der Waals surface area contributed by atoms with E-state index < -0.39 is 10.8 Å². The van der Waals surface area contributed by atoms with Gasteiger partial charge in [-0.05, 0) is 18.2 Å². The van der Waals surface area contributed by atoms with Crippen molar-refractivity contribution in [3.8, 4) is 5.75 Å². The summed E-state index contributed by atoms with van der Waals surface area (Å²) in [6.45, 7) is 0. The van der Waals surface area contributed by atoms with Gasteiger partial charge < -0.3 is 10.1 Å². The molecule has 102 valence electrons. The van der Waals surface area contributed by atoms with Gasteiger partial charge in [0.2, 0.25) is 0 Å². The zero-order chi connectivity index (χ0) is 14.5. The molecule has 0 radical (unpaired) electrons. The predicted molar refractivity (Wildman–Crippen MR) is 74.0 cm³/mol. The Hall–Kier alpha value is -2.89. The first kappa shape index (κ1) is 13.5. The van der Waals surface area contributed by atoms with Crippen LogP contribution in [0.1, 0.15) is 10.4 Å². The molecule has 2 aromatic carbocycles. The molecule has 0 saturated heterocycles. The molecule has 6 heteroatoms. The Morgan fingerprint density at radius 3 is 2.50 bits per heavy atom. The van der Waals surface area contributed by atoms with Gasteiger partial charge in [-0.15, -0.1) is 0 Å². The Morgan fingerprint density at radius 2 is 1.80 bits per heavy atom. The van der Waals surface area contributed by atoms with E-state index in [9.17, 15) is 14.9 Å². The summed E-state index contributed by atoms with van der Waals surface area (Å²) in [5.74, 6) is -0.0552. The smallest absolute Gasteiger partial charge is 0.292 e. The summed E-state index contributed by atoms with van der Waals surface area (Å²) in [6.07, 6.45) is 0. The fourth-order valence-corrected chi connectivity index (χ4v) is 1.76. The van der Waals surface area contributed by atoms with Gasteiger partial charge in [0.1, 0.15) is 11.4 Å². The van der Waals surface area contributed by atoms with Gasteiger partial charge in [0, 0.05) is 6.07 Å². The molecule has 0 fully saturated rings. The highest BCUT2D eigenvalue weighted by Crippen LogP contribution is 2.25. The van der Waals surface area contributed by atoms with Gasteiger partial charge in [0.15, 0.2) is 0 Å². The number of amides is 1. The number of nitrogens with one attached hydrogen (secondary N) is 1. The third kappa shape index (κ3) is 2.74. The monoisotopic (exact) mass is 272 g/mol. The topological polar surface area (TPSA) is 81.5 Å². The van der Waals surface area contributed by atoms with Crippen LogP contribution in [-0.4, -0.2) is 17.9 Å². The number of benzene rings is 2. The molecule has 20 heavy (non-hydrogen) atoms. The average molecular weight is 272 g/mol. The van der Waals surface area contributed by atoms with Crippen LogP contribution in [0.15, 0.2) is 48.5 Å². The highest BCUT2D eigenvalue weighted by atomic mass is 16.6. The van der Waals surface area contributed by atoms with Crippen molar-refractivity contribution < 1.29 is 14.5 Å². The summed E-state index contributed by atoms with van der Waals surface area (Å²) < 4.78 is 5.09. The van der Waals surface area contributed by atoms with Gasteiger partial charge >= 0.3 is 0 Å². The first-order chi connectivity index (χ1) is 9.63. The van der Waals surface area contributed by atoms with Crippen molar-refractivity contribution in [1.29, 1.82) is 0 Å². The van der Waals surface area contributed by atoms with Crippen LogP contribution in [-0.2, 0) is 0 Å². The minimum Gasteiger partial charge on any atom is -0.496 e. The molecule has 0 aliphatic heterocycles. The molecule has 2 rings (SSSR count). The number of anilines is 1. The van der Waals surface area contributed by atoms with E-state index in [0.29, 0.717) is 11.3 Å². The van der Waals surface area contributed by atoms with E-state index in [1.54, 1.807) is 30.3 Å². The van der Waals surface area contributed by atoms with Crippen molar-refractivity contribution in [3.05, 3.63) is 64.2 Å². The number of nitrogens with zero attached hydrogens (tertiary/aromatic N) is 1. The summed E-state index contributed by atoms with van der Waals surface area (Å²) >= 11 is 0. The zero-order valence-corrected chi connectivity index (χ0v) is 10.7.